The number of carbonyl (C=O) groups is 2. The summed E-state index contributed by atoms with van der Waals surface area (Å²) in [7, 11) is 0. The number of hydrogen-bond donors (Lipinski definition) is 2. The molecule has 292 valence electrons. The summed E-state index contributed by atoms with van der Waals surface area (Å²) < 4.78 is 127. The number of nitrogens with one attached hydrogen (secondary N) is 2. The zero-order valence-electron chi connectivity index (χ0n) is 29.2. The highest BCUT2D eigenvalue weighted by atomic mass is 19.4. The molecule has 0 atom stereocenters. The second-order valence-corrected chi connectivity index (χ2v) is 12.2. The molecular weight excluding hydrogens is 764 g/mol. The Hall–Kier alpha value is -6.90. The fourth-order valence-corrected chi connectivity index (χ4v) is 5.51. The molecule has 0 heterocycles. The third kappa shape index (κ3) is 10.2. The van der Waals surface area contributed by atoms with Gasteiger partial charge in [-0.1, -0.05) is 48.5 Å². The second kappa shape index (κ2) is 16.9. The summed E-state index contributed by atoms with van der Waals surface area (Å²) in [4.78, 5) is 26.3. The van der Waals surface area contributed by atoms with E-state index in [0.717, 1.165) is 42.5 Å². The van der Waals surface area contributed by atoms with E-state index in [1.165, 1.54) is 30.3 Å². The molecule has 15 heteroatoms. The van der Waals surface area contributed by atoms with Crippen molar-refractivity contribution in [3.05, 3.63) is 167 Å². The molecule has 0 unspecified atom stereocenters. The summed E-state index contributed by atoms with van der Waals surface area (Å²) in [5.74, 6) is -3.58. The minimum absolute atomic E-state index is 0.0222. The van der Waals surface area contributed by atoms with E-state index in [-0.39, 0.29) is 45.2 Å². The van der Waals surface area contributed by atoms with Crippen LogP contribution in [0.1, 0.15) is 27.0 Å². The predicted octanol–water partition coefficient (Wildman–Crippen LogP) is 11.2. The molecule has 0 spiro atoms. The van der Waals surface area contributed by atoms with Gasteiger partial charge in [0.05, 0.1) is 23.2 Å². The van der Waals surface area contributed by atoms with Crippen molar-refractivity contribution in [3.63, 3.8) is 0 Å². The van der Waals surface area contributed by atoms with Gasteiger partial charge in [0.25, 0.3) is 0 Å². The lowest BCUT2D eigenvalue weighted by molar-refractivity contribution is -0.139. The number of ether oxygens (including phenoxy) is 3. The molecule has 0 aliphatic rings. The van der Waals surface area contributed by atoms with Crippen LogP contribution < -0.4 is 24.8 Å². The van der Waals surface area contributed by atoms with Gasteiger partial charge in [0.2, 0.25) is 5.91 Å². The van der Waals surface area contributed by atoms with E-state index >= 15 is 0 Å². The van der Waals surface area contributed by atoms with Gasteiger partial charge in [0.1, 0.15) is 28.7 Å². The highest BCUT2D eigenvalue weighted by molar-refractivity contribution is 6.00. The molecule has 1 amide bonds. The first kappa shape index (κ1) is 39.8. The number of anilines is 1. The maximum atomic E-state index is 14.0. The average molecular weight is 793 g/mol. The summed E-state index contributed by atoms with van der Waals surface area (Å²) in [6.45, 7) is -1.33. The second-order valence-electron chi connectivity index (χ2n) is 12.2. The molecular formula is C42H28F8N2O5. The maximum Gasteiger partial charge on any atom is 0.416 e. The number of amides is 1. The third-order valence-electron chi connectivity index (χ3n) is 8.23. The van der Waals surface area contributed by atoms with E-state index < -0.39 is 60.1 Å². The average Bonchev–Trinajstić information content (AvgIpc) is 3.18. The number of benzene rings is 6. The number of carbonyl (C=O) groups excluding carboxylic acids is 2. The molecule has 0 saturated carbocycles. The Balaban J connectivity index is 1.17. The molecule has 6 aromatic rings. The number of halogens is 8. The Bertz CT molecular complexity index is 2380. The fraction of sp³-hybridized carbons (Fsp3) is 0.0952. The molecule has 57 heavy (non-hydrogen) atoms. The van der Waals surface area contributed by atoms with Gasteiger partial charge in [-0.05, 0) is 90.0 Å². The standard InChI is InChI=1S/C42H28F8N2O5/c43-36-19-17-31(22-37(36)44)56-30-12-10-25(35(21-30)42(48,49)50)23-52-39(53)24-51-38-20-26(41(45,46)47)11-18-33(38)32-8-4-5-9-34(32)40(54)57-29-15-13-28(14-16-29)55-27-6-2-1-3-7-27/h1-22,51H,23-24H2,(H,52,53). The zero-order chi connectivity index (χ0) is 40.7. The smallest absolute Gasteiger partial charge is 0.416 e. The van der Waals surface area contributed by atoms with Crippen LogP contribution in [-0.2, 0) is 23.7 Å². The molecule has 0 saturated heterocycles. The monoisotopic (exact) mass is 792 g/mol. The molecule has 0 aromatic heterocycles. The molecule has 0 fully saturated rings. The molecule has 7 nitrogen and oxygen atoms in total. The first-order valence-corrected chi connectivity index (χ1v) is 16.8. The van der Waals surface area contributed by atoms with Crippen LogP contribution in [0.5, 0.6) is 28.7 Å². The lowest BCUT2D eigenvalue weighted by Gasteiger charge is -2.18. The highest BCUT2D eigenvalue weighted by Gasteiger charge is 2.34. The number of rotatable bonds is 12. The number of hydrogen-bond acceptors (Lipinski definition) is 6. The van der Waals surface area contributed by atoms with Crippen LogP contribution in [-0.4, -0.2) is 18.4 Å². The van der Waals surface area contributed by atoms with Crippen LogP contribution in [0.2, 0.25) is 0 Å². The Kier molecular flexibility index (Phi) is 11.8. The lowest BCUT2D eigenvalue weighted by atomic mass is 9.96. The van der Waals surface area contributed by atoms with Crippen molar-refractivity contribution < 1.29 is 58.9 Å². The molecule has 2 N–H and O–H groups in total. The fourth-order valence-electron chi connectivity index (χ4n) is 5.51. The van der Waals surface area contributed by atoms with Crippen LogP contribution in [0.15, 0.2) is 133 Å². The SMILES string of the molecule is O=C(CNc1cc(C(F)(F)F)ccc1-c1ccccc1C(=O)Oc1ccc(Oc2ccccc2)cc1)NCc1ccc(Oc2ccc(F)c(F)c2)cc1C(F)(F)F. The largest absolute Gasteiger partial charge is 0.457 e. The predicted molar refractivity (Wildman–Crippen MR) is 193 cm³/mol. The van der Waals surface area contributed by atoms with Crippen molar-refractivity contribution in [1.82, 2.24) is 5.32 Å². The van der Waals surface area contributed by atoms with Crippen molar-refractivity contribution in [2.75, 3.05) is 11.9 Å². The highest BCUT2D eigenvalue weighted by Crippen LogP contribution is 2.38. The topological polar surface area (TPSA) is 85.9 Å². The van der Waals surface area contributed by atoms with E-state index in [0.29, 0.717) is 23.6 Å². The van der Waals surface area contributed by atoms with Crippen molar-refractivity contribution in [1.29, 1.82) is 0 Å². The van der Waals surface area contributed by atoms with Crippen molar-refractivity contribution in [3.8, 4) is 39.9 Å². The van der Waals surface area contributed by atoms with Crippen LogP contribution in [0.3, 0.4) is 0 Å². The van der Waals surface area contributed by atoms with Crippen LogP contribution in [0, 0.1) is 11.6 Å². The normalized spacial score (nSPS) is 11.4. The Morgan fingerprint density at radius 2 is 1.18 bits per heavy atom. The van der Waals surface area contributed by atoms with Gasteiger partial charge in [-0.2, -0.15) is 26.3 Å². The Morgan fingerprint density at radius 3 is 1.88 bits per heavy atom. The van der Waals surface area contributed by atoms with E-state index in [1.807, 2.05) is 6.07 Å². The number of para-hydroxylation sites is 1. The van der Waals surface area contributed by atoms with Crippen molar-refractivity contribution in [2.24, 2.45) is 0 Å². The van der Waals surface area contributed by atoms with E-state index in [9.17, 15) is 44.7 Å². The minimum atomic E-state index is -4.92. The van der Waals surface area contributed by atoms with E-state index in [2.05, 4.69) is 10.6 Å². The Labute approximate surface area is 319 Å². The van der Waals surface area contributed by atoms with Crippen LogP contribution in [0.25, 0.3) is 11.1 Å². The number of alkyl halides is 6. The molecule has 0 aliphatic carbocycles. The van der Waals surface area contributed by atoms with Crippen molar-refractivity contribution in [2.45, 2.75) is 18.9 Å². The first-order chi connectivity index (χ1) is 27.1. The van der Waals surface area contributed by atoms with Gasteiger partial charge in [0, 0.05) is 23.9 Å². The number of esters is 1. The van der Waals surface area contributed by atoms with Gasteiger partial charge in [-0.3, -0.25) is 4.79 Å². The summed E-state index contributed by atoms with van der Waals surface area (Å²) >= 11 is 0. The summed E-state index contributed by atoms with van der Waals surface area (Å²) in [6, 6.07) is 28.9. The molecule has 0 aliphatic heterocycles. The van der Waals surface area contributed by atoms with E-state index in [1.54, 1.807) is 42.5 Å². The molecule has 0 radical (unpaired) electrons. The zero-order valence-corrected chi connectivity index (χ0v) is 29.2. The lowest BCUT2D eigenvalue weighted by Crippen LogP contribution is -2.30. The van der Waals surface area contributed by atoms with Gasteiger partial charge in [0.15, 0.2) is 11.6 Å². The minimum Gasteiger partial charge on any atom is -0.457 e. The molecule has 6 aromatic carbocycles. The van der Waals surface area contributed by atoms with E-state index in [4.69, 9.17) is 14.2 Å². The van der Waals surface area contributed by atoms with Crippen molar-refractivity contribution >= 4 is 17.6 Å². The van der Waals surface area contributed by atoms with Gasteiger partial charge >= 0.3 is 18.3 Å². The maximum absolute atomic E-state index is 14.0. The van der Waals surface area contributed by atoms with Crippen LogP contribution in [0.4, 0.5) is 40.8 Å². The quantitative estimate of drug-likeness (QED) is 0.0729. The molecule has 6 rings (SSSR count). The third-order valence-corrected chi connectivity index (χ3v) is 8.23. The van der Waals surface area contributed by atoms with Gasteiger partial charge in [-0.25, -0.2) is 13.6 Å². The molecule has 0 bridgehead atoms. The summed E-state index contributed by atoms with van der Waals surface area (Å²) in [6.07, 6.45) is -9.71. The van der Waals surface area contributed by atoms with Gasteiger partial charge in [-0.15, -0.1) is 0 Å². The summed E-state index contributed by atoms with van der Waals surface area (Å²) in [5, 5.41) is 4.92. The van der Waals surface area contributed by atoms with Gasteiger partial charge < -0.3 is 24.8 Å². The summed E-state index contributed by atoms with van der Waals surface area (Å²) in [5.41, 5.74) is -2.65. The Morgan fingerprint density at radius 1 is 0.561 bits per heavy atom. The van der Waals surface area contributed by atoms with Crippen LogP contribution >= 0.6 is 0 Å². The first-order valence-electron chi connectivity index (χ1n) is 16.8.